The number of nitrogens with zero attached hydrogens (tertiary/aromatic N) is 2. The summed E-state index contributed by atoms with van der Waals surface area (Å²) in [4.78, 5) is 6.91. The fraction of sp³-hybridized carbons (Fsp3) is 0. The third-order valence-corrected chi connectivity index (χ3v) is 7.72. The SMILES string of the molecule is Fc1ccc(-c2cc(-c3ccc(F)cc3)c3nc(N(c4ccc(F)cc4)c4cccc(-c5cc(F)cc(F)c5)c4)ccc3c2)cc1. The Morgan fingerprint density at radius 2 is 0.978 bits per heavy atom. The summed E-state index contributed by atoms with van der Waals surface area (Å²) >= 11 is 0. The highest BCUT2D eigenvalue weighted by molar-refractivity contribution is 5.99. The zero-order valence-corrected chi connectivity index (χ0v) is 24.1. The van der Waals surface area contributed by atoms with Crippen molar-refractivity contribution in [3.63, 3.8) is 0 Å². The molecule has 0 N–H and O–H groups in total. The molecule has 0 aliphatic heterocycles. The summed E-state index contributed by atoms with van der Waals surface area (Å²) in [6.07, 6.45) is 0. The molecule has 6 aromatic carbocycles. The number of pyridine rings is 1. The van der Waals surface area contributed by atoms with E-state index in [1.54, 1.807) is 54.6 Å². The molecular formula is C39H23F5N2. The molecule has 0 aliphatic carbocycles. The quantitative estimate of drug-likeness (QED) is 0.173. The Bertz CT molecular complexity index is 2180. The second-order valence-corrected chi connectivity index (χ2v) is 10.8. The van der Waals surface area contributed by atoms with Gasteiger partial charge in [0, 0.05) is 28.4 Å². The Labute approximate surface area is 261 Å². The van der Waals surface area contributed by atoms with Crippen LogP contribution in [0.25, 0.3) is 44.3 Å². The van der Waals surface area contributed by atoms with Crippen LogP contribution in [-0.2, 0) is 0 Å². The second-order valence-electron chi connectivity index (χ2n) is 10.8. The van der Waals surface area contributed by atoms with Crippen molar-refractivity contribution in [2.24, 2.45) is 0 Å². The summed E-state index contributed by atoms with van der Waals surface area (Å²) < 4.78 is 69.9. The van der Waals surface area contributed by atoms with E-state index in [1.807, 2.05) is 35.2 Å². The summed E-state index contributed by atoms with van der Waals surface area (Å²) in [5, 5.41) is 0.785. The van der Waals surface area contributed by atoms with Gasteiger partial charge >= 0.3 is 0 Å². The average Bonchev–Trinajstić information content (AvgIpc) is 3.06. The summed E-state index contributed by atoms with van der Waals surface area (Å²) in [6, 6.07) is 36.3. The average molecular weight is 615 g/mol. The third-order valence-electron chi connectivity index (χ3n) is 7.72. The standard InChI is InChI=1S/C39H23F5N2/c40-30-9-4-24(5-10-30)28-18-27-8-17-38(45-39(27)37(22-28)25-6-11-31(41)12-7-25)46(35-15-13-32(42)14-16-35)36-3-1-2-26(21-36)29-19-33(43)23-34(44)20-29/h1-23H. The van der Waals surface area contributed by atoms with Gasteiger partial charge in [-0.25, -0.2) is 26.9 Å². The van der Waals surface area contributed by atoms with Gasteiger partial charge in [0.15, 0.2) is 0 Å². The Kier molecular flexibility index (Phi) is 7.50. The lowest BCUT2D eigenvalue weighted by Gasteiger charge is -2.25. The topological polar surface area (TPSA) is 16.1 Å². The van der Waals surface area contributed by atoms with Crippen LogP contribution in [0.2, 0.25) is 0 Å². The maximum absolute atomic E-state index is 14.1. The monoisotopic (exact) mass is 614 g/mol. The molecule has 0 spiro atoms. The van der Waals surface area contributed by atoms with Crippen molar-refractivity contribution >= 4 is 28.1 Å². The summed E-state index contributed by atoms with van der Waals surface area (Å²) in [5.74, 6) is -2.04. The molecule has 224 valence electrons. The van der Waals surface area contributed by atoms with Gasteiger partial charge < -0.3 is 0 Å². The van der Waals surface area contributed by atoms with Gasteiger partial charge in [-0.1, -0.05) is 36.4 Å². The molecule has 0 aliphatic rings. The van der Waals surface area contributed by atoms with E-state index in [-0.39, 0.29) is 11.6 Å². The fourth-order valence-electron chi connectivity index (χ4n) is 5.56. The highest BCUT2D eigenvalue weighted by Gasteiger charge is 2.18. The van der Waals surface area contributed by atoms with Gasteiger partial charge in [0.05, 0.1) is 5.52 Å². The van der Waals surface area contributed by atoms with Crippen molar-refractivity contribution in [1.82, 2.24) is 4.98 Å². The first-order valence-corrected chi connectivity index (χ1v) is 14.4. The van der Waals surface area contributed by atoms with Crippen molar-refractivity contribution < 1.29 is 22.0 Å². The van der Waals surface area contributed by atoms with Crippen LogP contribution in [0, 0.1) is 29.1 Å². The first kappa shape index (κ1) is 28.9. The van der Waals surface area contributed by atoms with Crippen molar-refractivity contribution in [1.29, 1.82) is 0 Å². The van der Waals surface area contributed by atoms with Crippen LogP contribution in [0.3, 0.4) is 0 Å². The minimum atomic E-state index is -0.694. The van der Waals surface area contributed by atoms with E-state index >= 15 is 0 Å². The minimum Gasteiger partial charge on any atom is -0.295 e. The lowest BCUT2D eigenvalue weighted by Crippen LogP contribution is -2.12. The van der Waals surface area contributed by atoms with Crippen LogP contribution in [0.1, 0.15) is 0 Å². The molecule has 7 rings (SSSR count). The molecule has 46 heavy (non-hydrogen) atoms. The van der Waals surface area contributed by atoms with Crippen molar-refractivity contribution in [2.75, 3.05) is 4.90 Å². The minimum absolute atomic E-state index is 0.345. The largest absolute Gasteiger partial charge is 0.295 e. The second kappa shape index (κ2) is 11.9. The van der Waals surface area contributed by atoms with E-state index < -0.39 is 17.5 Å². The van der Waals surface area contributed by atoms with Gasteiger partial charge in [0.25, 0.3) is 0 Å². The van der Waals surface area contributed by atoms with Gasteiger partial charge in [0.2, 0.25) is 0 Å². The number of rotatable bonds is 6. The lowest BCUT2D eigenvalue weighted by molar-refractivity contribution is 0.584. The Hall–Kier alpha value is -5.82. The number of halogens is 5. The number of hydrogen-bond donors (Lipinski definition) is 0. The Morgan fingerprint density at radius 1 is 0.391 bits per heavy atom. The molecule has 1 aromatic heterocycles. The normalized spacial score (nSPS) is 11.2. The van der Waals surface area contributed by atoms with Gasteiger partial charge in [-0.05, 0) is 125 Å². The van der Waals surface area contributed by atoms with Crippen LogP contribution in [-0.4, -0.2) is 4.98 Å². The van der Waals surface area contributed by atoms with E-state index in [4.69, 9.17) is 4.98 Å². The molecule has 0 radical (unpaired) electrons. The van der Waals surface area contributed by atoms with Gasteiger partial charge in [-0.2, -0.15) is 0 Å². The highest BCUT2D eigenvalue weighted by atomic mass is 19.1. The van der Waals surface area contributed by atoms with Crippen LogP contribution in [0.4, 0.5) is 39.1 Å². The molecule has 0 bridgehead atoms. The Balaban J connectivity index is 1.43. The van der Waals surface area contributed by atoms with Crippen LogP contribution in [0.15, 0.2) is 140 Å². The zero-order chi connectivity index (χ0) is 31.8. The summed E-state index contributed by atoms with van der Waals surface area (Å²) in [6.45, 7) is 0. The number of benzene rings is 6. The van der Waals surface area contributed by atoms with Crippen molar-refractivity contribution in [3.05, 3.63) is 169 Å². The van der Waals surface area contributed by atoms with E-state index in [0.717, 1.165) is 33.7 Å². The molecule has 0 amide bonds. The molecule has 0 unspecified atom stereocenters. The number of anilines is 3. The molecular weight excluding hydrogens is 591 g/mol. The lowest BCUT2D eigenvalue weighted by atomic mass is 9.95. The first-order chi connectivity index (χ1) is 22.3. The van der Waals surface area contributed by atoms with Crippen molar-refractivity contribution in [2.45, 2.75) is 0 Å². The molecule has 0 atom stereocenters. The van der Waals surface area contributed by atoms with Gasteiger partial charge in [-0.3, -0.25) is 4.90 Å². The molecule has 0 fully saturated rings. The number of hydrogen-bond acceptors (Lipinski definition) is 2. The molecule has 0 saturated carbocycles. The fourth-order valence-corrected chi connectivity index (χ4v) is 5.56. The van der Waals surface area contributed by atoms with E-state index in [1.165, 1.54) is 48.5 Å². The third kappa shape index (κ3) is 5.83. The zero-order valence-electron chi connectivity index (χ0n) is 24.1. The molecule has 0 saturated heterocycles. The van der Waals surface area contributed by atoms with Crippen molar-refractivity contribution in [3.8, 4) is 33.4 Å². The van der Waals surface area contributed by atoms with Gasteiger partial charge in [0.1, 0.15) is 34.9 Å². The maximum Gasteiger partial charge on any atom is 0.138 e. The smallest absolute Gasteiger partial charge is 0.138 e. The Morgan fingerprint density at radius 3 is 1.63 bits per heavy atom. The van der Waals surface area contributed by atoms with E-state index in [2.05, 4.69) is 0 Å². The predicted octanol–water partition coefficient (Wildman–Crippen LogP) is 11.4. The first-order valence-electron chi connectivity index (χ1n) is 14.4. The number of aromatic nitrogens is 1. The molecule has 7 heteroatoms. The molecule has 1 heterocycles. The van der Waals surface area contributed by atoms with E-state index in [0.29, 0.717) is 33.8 Å². The van der Waals surface area contributed by atoms with Gasteiger partial charge in [-0.15, -0.1) is 0 Å². The summed E-state index contributed by atoms with van der Waals surface area (Å²) in [5.41, 5.74) is 5.84. The molecule has 2 nitrogen and oxygen atoms in total. The van der Waals surface area contributed by atoms with E-state index in [9.17, 15) is 22.0 Å². The predicted molar refractivity (Wildman–Crippen MR) is 173 cm³/mol. The van der Waals surface area contributed by atoms with Crippen LogP contribution >= 0.6 is 0 Å². The van der Waals surface area contributed by atoms with Crippen LogP contribution < -0.4 is 4.90 Å². The summed E-state index contributed by atoms with van der Waals surface area (Å²) in [7, 11) is 0. The molecule has 7 aromatic rings. The highest BCUT2D eigenvalue weighted by Crippen LogP contribution is 2.39. The maximum atomic E-state index is 14.1. The van der Waals surface area contributed by atoms with Crippen LogP contribution in [0.5, 0.6) is 0 Å². The number of fused-ring (bicyclic) bond motifs is 1.